The van der Waals surface area contributed by atoms with Gasteiger partial charge in [0.2, 0.25) is 0 Å². The topological polar surface area (TPSA) is 16.1 Å². The maximum atomic E-state index is 4.85. The summed E-state index contributed by atoms with van der Waals surface area (Å²) in [5.41, 5.74) is 9.01. The summed E-state index contributed by atoms with van der Waals surface area (Å²) in [6, 6.07) is 9.12. The van der Waals surface area contributed by atoms with E-state index in [-0.39, 0.29) is 0 Å². The van der Waals surface area contributed by atoms with Crippen molar-refractivity contribution in [1.29, 1.82) is 0 Å². The van der Waals surface area contributed by atoms with Gasteiger partial charge in [-0.25, -0.2) is 0 Å². The molecule has 0 unspecified atom stereocenters. The summed E-state index contributed by atoms with van der Waals surface area (Å²) < 4.78 is 1.33. The Labute approximate surface area is 161 Å². The van der Waals surface area contributed by atoms with Crippen LogP contribution in [-0.2, 0) is 0 Å². The summed E-state index contributed by atoms with van der Waals surface area (Å²) in [6.07, 6.45) is 2.33. The van der Waals surface area contributed by atoms with E-state index in [2.05, 4.69) is 70.7 Å². The third-order valence-corrected chi connectivity index (χ3v) is 6.00. The molecule has 0 saturated carbocycles. The van der Waals surface area contributed by atoms with Crippen molar-refractivity contribution in [3.63, 3.8) is 0 Å². The second-order valence-corrected chi connectivity index (χ2v) is 8.42. The Bertz CT molecular complexity index is 894. The minimum atomic E-state index is 1.10. The molecule has 0 spiro atoms. The lowest BCUT2D eigenvalue weighted by Gasteiger charge is -2.24. The molecular weight excluding hydrogens is 336 g/mol. The molecule has 0 aliphatic carbocycles. The van der Waals surface area contributed by atoms with E-state index in [4.69, 9.17) is 4.98 Å². The number of aryl methyl sites for hydroxylation is 4. The van der Waals surface area contributed by atoms with Crippen molar-refractivity contribution < 1.29 is 0 Å². The van der Waals surface area contributed by atoms with Gasteiger partial charge in [0.05, 0.1) is 15.9 Å². The normalized spacial score (nSPS) is 11.3. The highest BCUT2D eigenvalue weighted by atomic mass is 32.1. The van der Waals surface area contributed by atoms with E-state index < -0.39 is 0 Å². The van der Waals surface area contributed by atoms with Crippen molar-refractivity contribution in [1.82, 2.24) is 4.98 Å². The molecule has 2 aromatic heterocycles. The van der Waals surface area contributed by atoms with Gasteiger partial charge in [-0.3, -0.25) is 4.98 Å². The average Bonchev–Trinajstić information content (AvgIpc) is 2.96. The lowest BCUT2D eigenvalue weighted by atomic mass is 9.99. The number of nitrogens with zero attached hydrogens (tertiary/aromatic N) is 2. The Kier molecular flexibility index (Phi) is 5.67. The highest BCUT2D eigenvalue weighted by Gasteiger charge is 2.16. The van der Waals surface area contributed by atoms with Gasteiger partial charge in [0.25, 0.3) is 0 Å². The van der Waals surface area contributed by atoms with Gasteiger partial charge in [-0.15, -0.1) is 11.3 Å². The molecule has 0 radical (unpaired) electrons. The number of hydrogen-bond donors (Lipinski definition) is 0. The Balaban J connectivity index is 2.19. The van der Waals surface area contributed by atoms with Gasteiger partial charge in [0.1, 0.15) is 0 Å². The SMILES string of the molecule is CCCN(CCC)c1cc(C)nc2cc(-c3c(C)cc(C)cc3C)sc12. The second-order valence-electron chi connectivity index (χ2n) is 7.37. The van der Waals surface area contributed by atoms with E-state index in [0.29, 0.717) is 0 Å². The molecule has 0 amide bonds. The van der Waals surface area contributed by atoms with Gasteiger partial charge >= 0.3 is 0 Å². The van der Waals surface area contributed by atoms with Crippen molar-refractivity contribution in [2.24, 2.45) is 0 Å². The summed E-state index contributed by atoms with van der Waals surface area (Å²) in [5.74, 6) is 0. The molecule has 3 rings (SSSR count). The standard InChI is InChI=1S/C23H30N2S/c1-7-9-25(10-8-2)20-13-18(6)24-19-14-21(26-23(19)20)22-16(4)11-15(3)12-17(22)5/h11-14H,7-10H2,1-6H3. The third-order valence-electron chi connectivity index (χ3n) is 4.84. The van der Waals surface area contributed by atoms with Crippen LogP contribution in [0.2, 0.25) is 0 Å². The highest BCUT2D eigenvalue weighted by molar-refractivity contribution is 7.22. The molecule has 0 N–H and O–H groups in total. The first-order valence-electron chi connectivity index (χ1n) is 9.69. The Morgan fingerprint density at radius 1 is 0.885 bits per heavy atom. The largest absolute Gasteiger partial charge is 0.370 e. The summed E-state index contributed by atoms with van der Waals surface area (Å²) in [4.78, 5) is 8.72. The van der Waals surface area contributed by atoms with Gasteiger partial charge in [0, 0.05) is 23.7 Å². The molecule has 1 aromatic carbocycles. The molecule has 2 heterocycles. The number of aromatic nitrogens is 1. The predicted molar refractivity (Wildman–Crippen MR) is 117 cm³/mol. The van der Waals surface area contributed by atoms with E-state index in [0.717, 1.165) is 37.1 Å². The van der Waals surface area contributed by atoms with Crippen LogP contribution in [-0.4, -0.2) is 18.1 Å². The molecule has 0 aliphatic rings. The lowest BCUT2D eigenvalue weighted by molar-refractivity contribution is 0.747. The zero-order valence-electron chi connectivity index (χ0n) is 16.9. The van der Waals surface area contributed by atoms with Gasteiger partial charge in [-0.05, 0) is 69.4 Å². The zero-order chi connectivity index (χ0) is 18.8. The van der Waals surface area contributed by atoms with E-state index in [1.807, 2.05) is 11.3 Å². The zero-order valence-corrected chi connectivity index (χ0v) is 17.8. The van der Waals surface area contributed by atoms with Crippen molar-refractivity contribution in [3.05, 3.63) is 46.6 Å². The summed E-state index contributed by atoms with van der Waals surface area (Å²) >= 11 is 1.90. The number of benzene rings is 1. The number of anilines is 1. The number of hydrogen-bond acceptors (Lipinski definition) is 3. The average molecular weight is 367 g/mol. The van der Waals surface area contributed by atoms with E-state index >= 15 is 0 Å². The van der Waals surface area contributed by atoms with Crippen LogP contribution in [0.25, 0.3) is 20.7 Å². The molecule has 0 bridgehead atoms. The van der Waals surface area contributed by atoms with Crippen LogP contribution in [0.3, 0.4) is 0 Å². The first-order chi connectivity index (χ1) is 12.4. The van der Waals surface area contributed by atoms with Crippen molar-refractivity contribution >= 4 is 27.2 Å². The van der Waals surface area contributed by atoms with Crippen molar-refractivity contribution in [2.45, 2.75) is 54.4 Å². The number of fused-ring (bicyclic) bond motifs is 1. The molecule has 2 nitrogen and oxygen atoms in total. The molecule has 138 valence electrons. The van der Waals surface area contributed by atoms with Gasteiger partial charge < -0.3 is 4.90 Å². The predicted octanol–water partition coefficient (Wildman–Crippen LogP) is 6.82. The maximum absolute atomic E-state index is 4.85. The fraction of sp³-hybridized carbons (Fsp3) is 0.435. The van der Waals surface area contributed by atoms with Gasteiger partial charge in [-0.1, -0.05) is 31.5 Å². The molecule has 3 aromatic rings. The van der Waals surface area contributed by atoms with Gasteiger partial charge in [0.15, 0.2) is 0 Å². The fourth-order valence-electron chi connectivity index (χ4n) is 3.95. The van der Waals surface area contributed by atoms with Crippen molar-refractivity contribution in [3.8, 4) is 10.4 Å². The van der Waals surface area contributed by atoms with E-state index in [1.165, 1.54) is 37.5 Å². The third kappa shape index (κ3) is 3.64. The molecule has 0 aliphatic heterocycles. The van der Waals surface area contributed by atoms with Crippen molar-refractivity contribution in [2.75, 3.05) is 18.0 Å². The van der Waals surface area contributed by atoms with Gasteiger partial charge in [-0.2, -0.15) is 0 Å². The molecule has 0 atom stereocenters. The van der Waals surface area contributed by atoms with Crippen LogP contribution >= 0.6 is 11.3 Å². The minimum Gasteiger partial charge on any atom is -0.370 e. The summed E-state index contributed by atoms with van der Waals surface area (Å²) in [5, 5.41) is 0. The number of thiophene rings is 1. The van der Waals surface area contributed by atoms with E-state index in [1.54, 1.807) is 0 Å². The Hall–Kier alpha value is -1.87. The smallest absolute Gasteiger partial charge is 0.0840 e. The number of pyridine rings is 1. The monoisotopic (exact) mass is 366 g/mol. The summed E-state index contributed by atoms with van der Waals surface area (Å²) in [7, 11) is 0. The molecular formula is C23H30N2S. The molecule has 3 heteroatoms. The van der Waals surface area contributed by atoms with Crippen LogP contribution in [0.15, 0.2) is 24.3 Å². The summed E-state index contributed by atoms with van der Waals surface area (Å²) in [6.45, 7) is 15.4. The Morgan fingerprint density at radius 3 is 2.08 bits per heavy atom. The maximum Gasteiger partial charge on any atom is 0.0840 e. The molecule has 0 saturated heterocycles. The van der Waals surface area contributed by atoms with Crippen LogP contribution in [0.5, 0.6) is 0 Å². The first-order valence-corrected chi connectivity index (χ1v) is 10.5. The van der Waals surface area contributed by atoms with E-state index in [9.17, 15) is 0 Å². The minimum absolute atomic E-state index is 1.10. The molecule has 0 fully saturated rings. The second kappa shape index (κ2) is 7.79. The molecule has 26 heavy (non-hydrogen) atoms. The fourth-order valence-corrected chi connectivity index (χ4v) is 5.27. The first kappa shape index (κ1) is 18.9. The van der Waals surface area contributed by atoms with Crippen LogP contribution in [0, 0.1) is 27.7 Å². The highest BCUT2D eigenvalue weighted by Crippen LogP contribution is 2.41. The lowest BCUT2D eigenvalue weighted by Crippen LogP contribution is -2.25. The number of rotatable bonds is 6. The van der Waals surface area contributed by atoms with Crippen LogP contribution < -0.4 is 4.90 Å². The van der Waals surface area contributed by atoms with Crippen LogP contribution in [0.4, 0.5) is 5.69 Å². The van der Waals surface area contributed by atoms with Crippen LogP contribution in [0.1, 0.15) is 49.1 Å². The quantitative estimate of drug-likeness (QED) is 0.475. The Morgan fingerprint density at radius 2 is 1.50 bits per heavy atom.